The highest BCUT2D eigenvalue weighted by Crippen LogP contribution is 2.26. The van der Waals surface area contributed by atoms with Crippen LogP contribution < -0.4 is 9.62 Å². The van der Waals surface area contributed by atoms with E-state index < -0.39 is 15.9 Å². The van der Waals surface area contributed by atoms with Gasteiger partial charge in [0.05, 0.1) is 10.6 Å². The van der Waals surface area contributed by atoms with Gasteiger partial charge in [-0.1, -0.05) is 45.8 Å². The second kappa shape index (κ2) is 8.31. The van der Waals surface area contributed by atoms with E-state index in [-0.39, 0.29) is 18.0 Å². The molecule has 0 spiro atoms. The van der Waals surface area contributed by atoms with E-state index in [1.165, 1.54) is 18.2 Å². The second-order valence-electron chi connectivity index (χ2n) is 5.40. The lowest BCUT2D eigenvalue weighted by atomic mass is 10.2. The number of halogens is 1. The van der Waals surface area contributed by atoms with Crippen LogP contribution in [0.25, 0.3) is 0 Å². The van der Waals surface area contributed by atoms with Gasteiger partial charge in [0.2, 0.25) is 5.91 Å². The Bertz CT molecular complexity index is 864. The van der Waals surface area contributed by atoms with Crippen molar-refractivity contribution in [3.8, 4) is 0 Å². The smallest absolute Gasteiger partial charge is 0.264 e. The average Bonchev–Trinajstić information content (AvgIpc) is 2.58. The molecule has 1 amide bonds. The highest BCUT2D eigenvalue weighted by molar-refractivity contribution is 9.10. The van der Waals surface area contributed by atoms with E-state index in [0.29, 0.717) is 5.69 Å². The summed E-state index contributed by atoms with van der Waals surface area (Å²) >= 11 is 3.34. The van der Waals surface area contributed by atoms with Crippen molar-refractivity contribution < 1.29 is 13.2 Å². The van der Waals surface area contributed by atoms with Gasteiger partial charge in [-0.2, -0.15) is 0 Å². The fourth-order valence-corrected chi connectivity index (χ4v) is 3.96. The largest absolute Gasteiger partial charge is 0.351 e. The highest BCUT2D eigenvalue weighted by atomic mass is 79.9. The molecule has 2 aromatic rings. The number of carbonyl (C=O) groups excluding carboxylic acids is 1. The fourth-order valence-electron chi connectivity index (χ4n) is 2.16. The molecule has 2 rings (SSSR count). The van der Waals surface area contributed by atoms with Gasteiger partial charge in [-0.05, 0) is 37.3 Å². The first-order valence-electron chi connectivity index (χ1n) is 7.57. The minimum atomic E-state index is -3.88. The molecular formula is C18H19BrN2O3S. The van der Waals surface area contributed by atoms with Crippen LogP contribution in [-0.2, 0) is 14.8 Å². The van der Waals surface area contributed by atoms with E-state index in [9.17, 15) is 13.2 Å². The number of aryl methyl sites for hydroxylation is 1. The predicted molar refractivity (Wildman–Crippen MR) is 103 cm³/mol. The Hall–Kier alpha value is -2.12. The molecule has 0 aliphatic rings. The number of amides is 1. The third kappa shape index (κ3) is 4.93. The van der Waals surface area contributed by atoms with E-state index in [4.69, 9.17) is 0 Å². The van der Waals surface area contributed by atoms with Crippen LogP contribution in [0.2, 0.25) is 0 Å². The first-order valence-corrected chi connectivity index (χ1v) is 9.80. The molecule has 0 aromatic heterocycles. The molecule has 5 nitrogen and oxygen atoms in total. The van der Waals surface area contributed by atoms with E-state index in [0.717, 1.165) is 14.3 Å². The fraction of sp³-hybridized carbons (Fsp3) is 0.167. The molecule has 0 heterocycles. The molecule has 0 fully saturated rings. The van der Waals surface area contributed by atoms with Crippen molar-refractivity contribution in [3.05, 3.63) is 71.2 Å². The zero-order valence-corrected chi connectivity index (χ0v) is 16.2. The van der Waals surface area contributed by atoms with Crippen molar-refractivity contribution in [2.24, 2.45) is 0 Å². The van der Waals surface area contributed by atoms with Crippen LogP contribution in [0, 0.1) is 6.92 Å². The zero-order valence-electron chi connectivity index (χ0n) is 13.8. The maximum Gasteiger partial charge on any atom is 0.264 e. The summed E-state index contributed by atoms with van der Waals surface area (Å²) in [5.41, 5.74) is 1.36. The van der Waals surface area contributed by atoms with E-state index in [1.54, 1.807) is 36.4 Å². The Kier molecular flexibility index (Phi) is 6.39. The normalized spacial score (nSPS) is 11.0. The number of nitrogens with one attached hydrogen (secondary N) is 1. The molecule has 0 atom stereocenters. The number of benzene rings is 2. The highest BCUT2D eigenvalue weighted by Gasteiger charge is 2.27. The summed E-state index contributed by atoms with van der Waals surface area (Å²) in [6, 6.07) is 13.3. The molecule has 0 aliphatic heterocycles. The lowest BCUT2D eigenvalue weighted by Gasteiger charge is -2.24. The zero-order chi connectivity index (χ0) is 18.4. The molecule has 0 bridgehead atoms. The monoisotopic (exact) mass is 422 g/mol. The third-order valence-electron chi connectivity index (χ3n) is 3.44. The molecule has 0 aliphatic carbocycles. The van der Waals surface area contributed by atoms with Crippen LogP contribution >= 0.6 is 15.9 Å². The van der Waals surface area contributed by atoms with Gasteiger partial charge in [-0.15, -0.1) is 6.58 Å². The Labute approximate surface area is 156 Å². The van der Waals surface area contributed by atoms with Crippen LogP contribution in [0.15, 0.2) is 70.6 Å². The maximum atomic E-state index is 13.1. The van der Waals surface area contributed by atoms with E-state index in [1.807, 2.05) is 6.92 Å². The lowest BCUT2D eigenvalue weighted by Crippen LogP contribution is -2.40. The van der Waals surface area contributed by atoms with Crippen LogP contribution in [0.4, 0.5) is 5.69 Å². The van der Waals surface area contributed by atoms with Crippen LogP contribution in [-0.4, -0.2) is 27.4 Å². The summed E-state index contributed by atoms with van der Waals surface area (Å²) in [7, 11) is -3.88. The summed E-state index contributed by atoms with van der Waals surface area (Å²) in [4.78, 5) is 12.3. The molecule has 7 heteroatoms. The standard InChI is InChI=1S/C18H19BrN2O3S/c1-3-11-20-18(22)13-21(16-6-4-5-15(19)12-16)25(23,24)17-9-7-14(2)8-10-17/h3-10,12H,1,11,13H2,2H3,(H,20,22). The number of anilines is 1. The quantitative estimate of drug-likeness (QED) is 0.696. The van der Waals surface area contributed by atoms with Gasteiger partial charge in [-0.3, -0.25) is 9.10 Å². The maximum absolute atomic E-state index is 13.1. The Balaban J connectivity index is 2.44. The number of carbonyl (C=O) groups is 1. The van der Waals surface area contributed by atoms with Crippen molar-refractivity contribution in [1.29, 1.82) is 0 Å². The molecule has 0 saturated heterocycles. The van der Waals surface area contributed by atoms with Gasteiger partial charge in [0.1, 0.15) is 6.54 Å². The molecule has 0 unspecified atom stereocenters. The van der Waals surface area contributed by atoms with Crippen molar-refractivity contribution >= 4 is 37.5 Å². The number of hydrogen-bond acceptors (Lipinski definition) is 3. The molecule has 25 heavy (non-hydrogen) atoms. The van der Waals surface area contributed by atoms with Crippen LogP contribution in [0.3, 0.4) is 0 Å². The van der Waals surface area contributed by atoms with Crippen molar-refractivity contribution in [3.63, 3.8) is 0 Å². The van der Waals surface area contributed by atoms with Gasteiger partial charge in [0.25, 0.3) is 10.0 Å². The first kappa shape index (κ1) is 19.2. The van der Waals surface area contributed by atoms with Gasteiger partial charge in [-0.25, -0.2) is 8.42 Å². The number of hydrogen-bond donors (Lipinski definition) is 1. The summed E-state index contributed by atoms with van der Waals surface area (Å²) < 4.78 is 28.0. The SMILES string of the molecule is C=CCNC(=O)CN(c1cccc(Br)c1)S(=O)(=O)c1ccc(C)cc1. The molecular weight excluding hydrogens is 404 g/mol. The van der Waals surface area contributed by atoms with Gasteiger partial charge in [0.15, 0.2) is 0 Å². The van der Waals surface area contributed by atoms with E-state index in [2.05, 4.69) is 27.8 Å². The summed E-state index contributed by atoms with van der Waals surface area (Å²) in [6.07, 6.45) is 1.54. The first-order chi connectivity index (χ1) is 11.8. The van der Waals surface area contributed by atoms with E-state index >= 15 is 0 Å². The van der Waals surface area contributed by atoms with Crippen molar-refractivity contribution in [2.75, 3.05) is 17.4 Å². The molecule has 2 aromatic carbocycles. The molecule has 0 saturated carbocycles. The third-order valence-corrected chi connectivity index (χ3v) is 5.72. The lowest BCUT2D eigenvalue weighted by molar-refractivity contribution is -0.119. The topological polar surface area (TPSA) is 66.5 Å². The summed E-state index contributed by atoms with van der Waals surface area (Å²) in [5, 5.41) is 2.61. The number of sulfonamides is 1. The Morgan fingerprint density at radius 3 is 2.52 bits per heavy atom. The Morgan fingerprint density at radius 2 is 1.92 bits per heavy atom. The second-order valence-corrected chi connectivity index (χ2v) is 8.18. The summed E-state index contributed by atoms with van der Waals surface area (Å²) in [6.45, 7) is 5.37. The number of nitrogens with zero attached hydrogens (tertiary/aromatic N) is 1. The van der Waals surface area contributed by atoms with Crippen LogP contribution in [0.1, 0.15) is 5.56 Å². The van der Waals surface area contributed by atoms with Crippen molar-refractivity contribution in [1.82, 2.24) is 5.32 Å². The number of rotatable bonds is 7. The molecule has 132 valence electrons. The van der Waals surface area contributed by atoms with Gasteiger partial charge in [0, 0.05) is 11.0 Å². The summed E-state index contributed by atoms with van der Waals surface area (Å²) in [5.74, 6) is -0.407. The predicted octanol–water partition coefficient (Wildman–Crippen LogP) is 3.26. The minimum Gasteiger partial charge on any atom is -0.351 e. The van der Waals surface area contributed by atoms with Gasteiger partial charge >= 0.3 is 0 Å². The minimum absolute atomic E-state index is 0.134. The van der Waals surface area contributed by atoms with Crippen molar-refractivity contribution in [2.45, 2.75) is 11.8 Å². The molecule has 0 radical (unpaired) electrons. The van der Waals surface area contributed by atoms with Gasteiger partial charge < -0.3 is 5.32 Å². The van der Waals surface area contributed by atoms with Crippen LogP contribution in [0.5, 0.6) is 0 Å². The average molecular weight is 423 g/mol. The Morgan fingerprint density at radius 1 is 1.24 bits per heavy atom. The molecule has 1 N–H and O–H groups in total.